The molecule has 0 bridgehead atoms. The van der Waals surface area contributed by atoms with Crippen LogP contribution in [0, 0.1) is 0 Å². The Morgan fingerprint density at radius 3 is 2.72 bits per heavy atom. The number of fused-ring (bicyclic) bond motifs is 1. The maximum absolute atomic E-state index is 9.14. The van der Waals surface area contributed by atoms with Crippen LogP contribution in [0.5, 0.6) is 11.5 Å². The van der Waals surface area contributed by atoms with Crippen molar-refractivity contribution in [1.82, 2.24) is 5.32 Å². The lowest BCUT2D eigenvalue weighted by atomic mass is 10.1. The second-order valence-electron chi connectivity index (χ2n) is 4.85. The van der Waals surface area contributed by atoms with Crippen LogP contribution in [0.1, 0.15) is 20.3 Å². The lowest BCUT2D eigenvalue weighted by Gasteiger charge is -2.33. The third kappa shape index (κ3) is 3.15. The van der Waals surface area contributed by atoms with E-state index in [9.17, 15) is 0 Å². The van der Waals surface area contributed by atoms with Gasteiger partial charge in [0.2, 0.25) is 0 Å². The van der Waals surface area contributed by atoms with E-state index >= 15 is 0 Å². The average Bonchev–Trinajstić information content (AvgIpc) is 2.37. The van der Waals surface area contributed by atoms with Crippen molar-refractivity contribution in [2.75, 3.05) is 13.2 Å². The molecule has 1 aromatic carbocycles. The fourth-order valence-electron chi connectivity index (χ4n) is 2.18. The summed E-state index contributed by atoms with van der Waals surface area (Å²) in [6.45, 7) is 4.83. The highest BCUT2D eigenvalue weighted by Crippen LogP contribution is 2.31. The van der Waals surface area contributed by atoms with Gasteiger partial charge in [0, 0.05) is 18.7 Å². The van der Waals surface area contributed by atoms with Crippen molar-refractivity contribution < 1.29 is 14.6 Å². The van der Waals surface area contributed by atoms with Crippen LogP contribution in [-0.4, -0.2) is 36.5 Å². The Morgan fingerprint density at radius 1 is 1.33 bits per heavy atom. The Hall–Kier alpha value is -1.26. The molecule has 0 fully saturated rings. The van der Waals surface area contributed by atoms with E-state index in [1.54, 1.807) is 0 Å². The first-order valence-electron chi connectivity index (χ1n) is 6.46. The lowest BCUT2D eigenvalue weighted by molar-refractivity contribution is 0.0514. The molecule has 2 N–H and O–H groups in total. The van der Waals surface area contributed by atoms with E-state index < -0.39 is 0 Å². The van der Waals surface area contributed by atoms with Gasteiger partial charge in [0.25, 0.3) is 0 Å². The van der Waals surface area contributed by atoms with Gasteiger partial charge < -0.3 is 19.9 Å². The number of aliphatic hydroxyl groups excluding tert-OH is 1. The molecule has 0 saturated carbocycles. The highest BCUT2D eigenvalue weighted by molar-refractivity contribution is 5.40. The molecule has 2 rings (SSSR count). The molecule has 100 valence electrons. The summed E-state index contributed by atoms with van der Waals surface area (Å²) in [5.41, 5.74) is 0. The fourth-order valence-corrected chi connectivity index (χ4v) is 2.18. The number of hydrogen-bond acceptors (Lipinski definition) is 4. The quantitative estimate of drug-likeness (QED) is 0.834. The standard InChI is InChI=1S/C14H21NO3/c1-10(2)15-11(7-8-16)14-9-17-12-5-3-4-6-13(12)18-14/h3-6,10-11,14-16H,7-9H2,1-2H3/t11-,14-/m0/s1. The number of rotatable bonds is 5. The van der Waals surface area contributed by atoms with Gasteiger partial charge in [-0.05, 0) is 18.6 Å². The number of benzene rings is 1. The molecule has 0 aliphatic carbocycles. The highest BCUT2D eigenvalue weighted by Gasteiger charge is 2.28. The van der Waals surface area contributed by atoms with Gasteiger partial charge in [0.15, 0.2) is 11.5 Å². The zero-order valence-electron chi connectivity index (χ0n) is 10.9. The van der Waals surface area contributed by atoms with E-state index in [2.05, 4.69) is 19.2 Å². The number of para-hydroxylation sites is 2. The second-order valence-corrected chi connectivity index (χ2v) is 4.85. The molecule has 18 heavy (non-hydrogen) atoms. The maximum Gasteiger partial charge on any atom is 0.161 e. The van der Waals surface area contributed by atoms with Crippen LogP contribution in [-0.2, 0) is 0 Å². The molecule has 0 saturated heterocycles. The third-order valence-electron chi connectivity index (χ3n) is 2.97. The maximum atomic E-state index is 9.14. The van der Waals surface area contributed by atoms with Crippen molar-refractivity contribution in [3.05, 3.63) is 24.3 Å². The zero-order chi connectivity index (χ0) is 13.0. The van der Waals surface area contributed by atoms with Gasteiger partial charge >= 0.3 is 0 Å². The smallest absolute Gasteiger partial charge is 0.161 e. The van der Waals surface area contributed by atoms with Crippen molar-refractivity contribution in [2.45, 2.75) is 38.5 Å². The molecule has 4 heteroatoms. The normalized spacial score (nSPS) is 19.9. The molecule has 1 aliphatic heterocycles. The van der Waals surface area contributed by atoms with Gasteiger partial charge in [-0.25, -0.2) is 0 Å². The summed E-state index contributed by atoms with van der Waals surface area (Å²) < 4.78 is 11.6. The first-order valence-corrected chi connectivity index (χ1v) is 6.46. The number of ether oxygens (including phenoxy) is 2. The van der Waals surface area contributed by atoms with Gasteiger partial charge in [-0.15, -0.1) is 0 Å². The molecule has 4 nitrogen and oxygen atoms in total. The topological polar surface area (TPSA) is 50.7 Å². The number of nitrogens with one attached hydrogen (secondary N) is 1. The number of hydrogen-bond donors (Lipinski definition) is 2. The van der Waals surface area contributed by atoms with Crippen LogP contribution in [0.3, 0.4) is 0 Å². The van der Waals surface area contributed by atoms with Gasteiger partial charge in [0.05, 0.1) is 0 Å². The minimum atomic E-state index is -0.0607. The fraction of sp³-hybridized carbons (Fsp3) is 0.571. The van der Waals surface area contributed by atoms with E-state index in [0.717, 1.165) is 11.5 Å². The van der Waals surface area contributed by atoms with E-state index in [-0.39, 0.29) is 18.8 Å². The van der Waals surface area contributed by atoms with Crippen LogP contribution in [0.15, 0.2) is 24.3 Å². The van der Waals surface area contributed by atoms with Gasteiger partial charge in [-0.2, -0.15) is 0 Å². The molecular weight excluding hydrogens is 230 g/mol. The first kappa shape index (κ1) is 13.2. The number of aliphatic hydroxyl groups is 1. The van der Waals surface area contributed by atoms with E-state index in [1.165, 1.54) is 0 Å². The van der Waals surface area contributed by atoms with Crippen LogP contribution in [0.25, 0.3) is 0 Å². The van der Waals surface area contributed by atoms with Crippen molar-refractivity contribution in [3.63, 3.8) is 0 Å². The third-order valence-corrected chi connectivity index (χ3v) is 2.97. The van der Waals surface area contributed by atoms with E-state index in [4.69, 9.17) is 14.6 Å². The van der Waals surface area contributed by atoms with Gasteiger partial charge in [-0.3, -0.25) is 0 Å². The minimum absolute atomic E-state index is 0.0607. The van der Waals surface area contributed by atoms with Crippen molar-refractivity contribution in [3.8, 4) is 11.5 Å². The molecular formula is C14H21NO3. The Labute approximate surface area is 108 Å². The van der Waals surface area contributed by atoms with Crippen LogP contribution < -0.4 is 14.8 Å². The van der Waals surface area contributed by atoms with Crippen LogP contribution in [0.2, 0.25) is 0 Å². The molecule has 1 aliphatic rings. The van der Waals surface area contributed by atoms with Crippen LogP contribution >= 0.6 is 0 Å². The molecule has 1 heterocycles. The SMILES string of the molecule is CC(C)N[C@@H](CCO)[C@@H]1COc2ccccc2O1. The van der Waals surface area contributed by atoms with E-state index in [0.29, 0.717) is 19.1 Å². The van der Waals surface area contributed by atoms with Gasteiger partial charge in [0.1, 0.15) is 12.7 Å². The lowest BCUT2D eigenvalue weighted by Crippen LogP contribution is -2.50. The summed E-state index contributed by atoms with van der Waals surface area (Å²) in [7, 11) is 0. The summed E-state index contributed by atoms with van der Waals surface area (Å²) in [5, 5.41) is 12.6. The average molecular weight is 251 g/mol. The predicted molar refractivity (Wildman–Crippen MR) is 70.1 cm³/mol. The van der Waals surface area contributed by atoms with E-state index in [1.807, 2.05) is 24.3 Å². The largest absolute Gasteiger partial charge is 0.486 e. The Bertz CT molecular complexity index is 381. The van der Waals surface area contributed by atoms with Crippen LogP contribution in [0.4, 0.5) is 0 Å². The predicted octanol–water partition coefficient (Wildman–Crippen LogP) is 1.58. The van der Waals surface area contributed by atoms with Crippen molar-refractivity contribution in [1.29, 1.82) is 0 Å². The molecule has 1 aromatic rings. The molecule has 0 radical (unpaired) electrons. The van der Waals surface area contributed by atoms with Gasteiger partial charge in [-0.1, -0.05) is 26.0 Å². The Kier molecular flexibility index (Phi) is 4.44. The highest BCUT2D eigenvalue weighted by atomic mass is 16.6. The van der Waals surface area contributed by atoms with Crippen molar-refractivity contribution >= 4 is 0 Å². The molecule has 2 atom stereocenters. The minimum Gasteiger partial charge on any atom is -0.486 e. The monoisotopic (exact) mass is 251 g/mol. The first-order chi connectivity index (χ1) is 8.70. The summed E-state index contributed by atoms with van der Waals surface area (Å²) in [6, 6.07) is 8.13. The van der Waals surface area contributed by atoms with Crippen molar-refractivity contribution in [2.24, 2.45) is 0 Å². The molecule has 0 amide bonds. The molecule has 0 spiro atoms. The summed E-state index contributed by atoms with van der Waals surface area (Å²) >= 11 is 0. The molecule has 0 aromatic heterocycles. The summed E-state index contributed by atoms with van der Waals surface area (Å²) in [6.07, 6.45) is 0.600. The molecule has 0 unspecified atom stereocenters. The summed E-state index contributed by atoms with van der Waals surface area (Å²) in [4.78, 5) is 0. The Balaban J connectivity index is 2.05. The zero-order valence-corrected chi connectivity index (χ0v) is 10.9. The Morgan fingerprint density at radius 2 is 2.06 bits per heavy atom. The summed E-state index contributed by atoms with van der Waals surface area (Å²) in [5.74, 6) is 1.57. The second kappa shape index (κ2) is 6.07.